The van der Waals surface area contributed by atoms with Crippen LogP contribution in [0.3, 0.4) is 0 Å². The number of nitrogens with one attached hydrogen (secondary N) is 1. The molecule has 0 radical (unpaired) electrons. The first kappa shape index (κ1) is 24.3. The molecule has 1 fully saturated rings. The molecule has 0 aliphatic heterocycles. The molecule has 0 aromatic heterocycles. The molecular weight excluding hydrogens is 450 g/mol. The van der Waals surface area contributed by atoms with Crippen LogP contribution in [0.1, 0.15) is 60.3 Å². The number of carbonyl (C=O) groups excluding carboxylic acids is 1. The van der Waals surface area contributed by atoms with Crippen molar-refractivity contribution in [1.82, 2.24) is 9.80 Å². The molecule has 0 saturated heterocycles. The predicted molar refractivity (Wildman–Crippen MR) is 134 cm³/mol. The molecule has 0 spiro atoms. The van der Waals surface area contributed by atoms with E-state index in [9.17, 15) is 4.79 Å². The van der Waals surface area contributed by atoms with Crippen LogP contribution in [0.15, 0.2) is 40.4 Å². The largest absolute Gasteiger partial charge is 0.322 e. The number of fused-ring (bicyclic) bond motifs is 1. The lowest BCUT2D eigenvalue weighted by molar-refractivity contribution is -0.0103. The van der Waals surface area contributed by atoms with Crippen molar-refractivity contribution in [2.45, 2.75) is 66.3 Å². The van der Waals surface area contributed by atoms with Crippen molar-refractivity contribution in [3.63, 3.8) is 0 Å². The fourth-order valence-corrected chi connectivity index (χ4v) is 5.75. The van der Waals surface area contributed by atoms with Gasteiger partial charge in [-0.3, -0.25) is 0 Å². The van der Waals surface area contributed by atoms with Crippen LogP contribution in [0, 0.1) is 17.3 Å². The molecule has 3 aliphatic carbocycles. The van der Waals surface area contributed by atoms with Crippen LogP contribution in [0.4, 0.5) is 10.5 Å². The van der Waals surface area contributed by atoms with Gasteiger partial charge in [-0.05, 0) is 87.7 Å². The number of allylic oxidation sites excluding steroid dienone is 1. The number of nitrogens with zero attached hydrogens (tertiary/aromatic N) is 2. The van der Waals surface area contributed by atoms with Gasteiger partial charge in [-0.2, -0.15) is 0 Å². The summed E-state index contributed by atoms with van der Waals surface area (Å²) in [6.45, 7) is 15.5. The highest BCUT2D eigenvalue weighted by atomic mass is 79.9. The highest BCUT2D eigenvalue weighted by molar-refractivity contribution is 9.10. The van der Waals surface area contributed by atoms with Gasteiger partial charge in [0.15, 0.2) is 0 Å². The molecule has 3 unspecified atom stereocenters. The van der Waals surface area contributed by atoms with Gasteiger partial charge < -0.3 is 15.1 Å². The number of hydrogen-bond donors (Lipinski definition) is 1. The monoisotopic (exact) mass is 489 g/mol. The normalized spacial score (nSPS) is 22.5. The fraction of sp³-hybridized carbons (Fsp3) is 0.654. The summed E-state index contributed by atoms with van der Waals surface area (Å²) in [7, 11) is 0. The third-order valence-corrected chi connectivity index (χ3v) is 8.29. The molecule has 3 aliphatic rings. The summed E-state index contributed by atoms with van der Waals surface area (Å²) < 4.78 is 0.973. The Bertz CT molecular complexity index is 787. The topological polar surface area (TPSA) is 35.6 Å². The van der Waals surface area contributed by atoms with Crippen molar-refractivity contribution in [2.24, 2.45) is 17.3 Å². The number of urea groups is 1. The Hall–Kier alpha value is -1.33. The van der Waals surface area contributed by atoms with E-state index in [4.69, 9.17) is 0 Å². The second-order valence-corrected chi connectivity index (χ2v) is 10.8. The van der Waals surface area contributed by atoms with Gasteiger partial charge in [0, 0.05) is 22.7 Å². The van der Waals surface area contributed by atoms with Crippen LogP contribution in [-0.4, -0.2) is 48.1 Å². The Morgan fingerprint density at radius 2 is 2.03 bits per heavy atom. The fourth-order valence-electron chi connectivity index (χ4n) is 5.35. The van der Waals surface area contributed by atoms with E-state index in [1.165, 1.54) is 12.0 Å². The van der Waals surface area contributed by atoms with Crippen LogP contribution >= 0.6 is 15.9 Å². The summed E-state index contributed by atoms with van der Waals surface area (Å²) in [5.74, 6) is 1.44. The standard InChI is InChI=1S/C26H40BrN3O/c1-6-29(7-2)15-9-10-19(3)30(25(31)28-23-12-8-11-22(27)17-23)18-20-13-14-21-16-24(20)26(21,4)5/h8,11-13,17,19,21,24H,6-7,9-10,14-16,18H2,1-5H3,(H,28,31). The third kappa shape index (κ3) is 5.73. The Kier molecular flexibility index (Phi) is 8.25. The summed E-state index contributed by atoms with van der Waals surface area (Å²) in [6, 6.07) is 8.05. The highest BCUT2D eigenvalue weighted by Gasteiger charge is 2.51. The van der Waals surface area contributed by atoms with Crippen molar-refractivity contribution in [2.75, 3.05) is 31.5 Å². The van der Waals surface area contributed by atoms with Gasteiger partial charge >= 0.3 is 6.03 Å². The minimum absolute atomic E-state index is 0.00796. The maximum Gasteiger partial charge on any atom is 0.322 e. The summed E-state index contributed by atoms with van der Waals surface area (Å²) in [5, 5.41) is 3.14. The molecular formula is C26H40BrN3O. The molecule has 0 heterocycles. The molecule has 31 heavy (non-hydrogen) atoms. The maximum absolute atomic E-state index is 13.4. The lowest BCUT2D eigenvalue weighted by Crippen LogP contribution is -2.51. The van der Waals surface area contributed by atoms with Crippen LogP contribution in [0.25, 0.3) is 0 Å². The van der Waals surface area contributed by atoms with Crippen LogP contribution in [0.2, 0.25) is 0 Å². The number of benzene rings is 1. The highest BCUT2D eigenvalue weighted by Crippen LogP contribution is 2.59. The van der Waals surface area contributed by atoms with Crippen molar-refractivity contribution in [1.29, 1.82) is 0 Å². The number of halogens is 1. The number of rotatable bonds is 10. The van der Waals surface area contributed by atoms with Gasteiger partial charge in [-0.15, -0.1) is 0 Å². The second-order valence-electron chi connectivity index (χ2n) is 9.91. The smallest absolute Gasteiger partial charge is 0.318 e. The lowest BCUT2D eigenvalue weighted by Gasteiger charge is -2.57. The molecule has 1 aromatic carbocycles. The molecule has 1 saturated carbocycles. The number of anilines is 1. The SMILES string of the molecule is CCN(CC)CCCC(C)N(CC1=CCC2CC1C2(C)C)C(=O)Nc1cccc(Br)c1. The lowest BCUT2D eigenvalue weighted by atomic mass is 9.49. The zero-order valence-electron chi connectivity index (χ0n) is 20.0. The zero-order chi connectivity index (χ0) is 22.6. The molecule has 1 N–H and O–H groups in total. The first-order chi connectivity index (χ1) is 14.8. The molecule has 2 amide bonds. The van der Waals surface area contributed by atoms with Gasteiger partial charge in [0.25, 0.3) is 0 Å². The molecule has 172 valence electrons. The first-order valence-corrected chi connectivity index (χ1v) is 12.8. The quantitative estimate of drug-likeness (QED) is 0.367. The third-order valence-electron chi connectivity index (χ3n) is 7.80. The zero-order valence-corrected chi connectivity index (χ0v) is 21.5. The van der Waals surface area contributed by atoms with Gasteiger partial charge in [-0.25, -0.2) is 4.79 Å². The molecule has 2 bridgehead atoms. The number of carbonyl (C=O) groups is 1. The minimum atomic E-state index is 0.00796. The van der Waals surface area contributed by atoms with E-state index < -0.39 is 0 Å². The van der Waals surface area contributed by atoms with Crippen LogP contribution < -0.4 is 5.32 Å². The first-order valence-electron chi connectivity index (χ1n) is 12.0. The van der Waals surface area contributed by atoms with E-state index in [1.807, 2.05) is 24.3 Å². The Balaban J connectivity index is 1.70. The van der Waals surface area contributed by atoms with Crippen LogP contribution in [-0.2, 0) is 0 Å². The van der Waals surface area contributed by atoms with E-state index >= 15 is 0 Å². The van der Waals surface area contributed by atoms with Gasteiger partial charge in [-0.1, -0.05) is 61.3 Å². The minimum Gasteiger partial charge on any atom is -0.318 e. The van der Waals surface area contributed by atoms with Gasteiger partial charge in [0.2, 0.25) is 0 Å². The van der Waals surface area contributed by atoms with Crippen molar-refractivity contribution in [3.8, 4) is 0 Å². The number of hydrogen-bond acceptors (Lipinski definition) is 2. The average molecular weight is 491 g/mol. The van der Waals surface area contributed by atoms with Crippen molar-refractivity contribution in [3.05, 3.63) is 40.4 Å². The molecule has 4 nitrogen and oxygen atoms in total. The Morgan fingerprint density at radius 3 is 2.65 bits per heavy atom. The Morgan fingerprint density at radius 1 is 1.29 bits per heavy atom. The Labute approximate surface area is 197 Å². The van der Waals surface area contributed by atoms with Crippen LogP contribution in [0.5, 0.6) is 0 Å². The summed E-state index contributed by atoms with van der Waals surface area (Å²) in [5.41, 5.74) is 2.68. The molecule has 1 aromatic rings. The average Bonchev–Trinajstić information content (AvgIpc) is 2.74. The van der Waals surface area contributed by atoms with E-state index in [-0.39, 0.29) is 12.1 Å². The molecule has 3 atom stereocenters. The van der Waals surface area contributed by atoms with Gasteiger partial charge in [0.05, 0.1) is 0 Å². The second kappa shape index (κ2) is 10.5. The number of amides is 2. The summed E-state index contributed by atoms with van der Waals surface area (Å²) in [6.07, 6.45) is 7.00. The molecule has 5 heteroatoms. The van der Waals surface area contributed by atoms with E-state index in [1.54, 1.807) is 0 Å². The van der Waals surface area contributed by atoms with E-state index in [0.717, 1.165) is 61.5 Å². The van der Waals surface area contributed by atoms with Gasteiger partial charge in [0.1, 0.15) is 0 Å². The van der Waals surface area contributed by atoms with E-state index in [2.05, 4.69) is 71.7 Å². The summed E-state index contributed by atoms with van der Waals surface area (Å²) >= 11 is 3.51. The predicted octanol–water partition coefficient (Wildman–Crippen LogP) is 6.79. The van der Waals surface area contributed by atoms with E-state index in [0.29, 0.717) is 11.3 Å². The summed E-state index contributed by atoms with van der Waals surface area (Å²) in [4.78, 5) is 17.9. The van der Waals surface area contributed by atoms with Crippen molar-refractivity contribution >= 4 is 27.6 Å². The maximum atomic E-state index is 13.4. The molecule has 4 rings (SSSR count). The van der Waals surface area contributed by atoms with Crippen molar-refractivity contribution < 1.29 is 4.79 Å².